The molecular weight excluding hydrogens is 465 g/mol. The van der Waals surface area contributed by atoms with E-state index in [0.717, 1.165) is 6.92 Å². The first-order chi connectivity index (χ1) is 15.2. The molecule has 0 N–H and O–H groups in total. The Balaban J connectivity index is 2.40. The average molecular weight is 490 g/mol. The van der Waals surface area contributed by atoms with Gasteiger partial charge in [-0.15, -0.1) is 11.3 Å². The fraction of sp³-hybridized carbons (Fsp3) is 0.524. The van der Waals surface area contributed by atoms with Crippen LogP contribution in [0.25, 0.3) is 0 Å². The van der Waals surface area contributed by atoms with E-state index in [1.54, 1.807) is 0 Å². The Morgan fingerprint density at radius 2 is 1.78 bits per heavy atom. The highest BCUT2D eigenvalue weighted by atomic mass is 35.5. The summed E-state index contributed by atoms with van der Waals surface area (Å²) in [5.74, 6) is -2.93. The zero-order chi connectivity index (χ0) is 23.8. The Morgan fingerprint density at radius 3 is 2.38 bits per heavy atom. The van der Waals surface area contributed by atoms with Gasteiger partial charge in [-0.25, -0.2) is 9.69 Å². The smallest absolute Gasteiger partial charge is 0.334 e. The van der Waals surface area contributed by atoms with Gasteiger partial charge in [0.2, 0.25) is 11.0 Å². The normalized spacial score (nSPS) is 13.7. The van der Waals surface area contributed by atoms with Crippen LogP contribution in [0, 0.1) is 5.13 Å². The summed E-state index contributed by atoms with van der Waals surface area (Å²) in [6.07, 6.45) is 1.52. The van der Waals surface area contributed by atoms with Gasteiger partial charge in [0, 0.05) is 29.6 Å². The molecule has 1 aromatic heterocycles. The molecule has 8 nitrogen and oxygen atoms in total. The second kappa shape index (κ2) is 12.1. The van der Waals surface area contributed by atoms with Gasteiger partial charge in [-0.05, 0) is 32.6 Å². The summed E-state index contributed by atoms with van der Waals surface area (Å²) < 4.78 is 29.7. The maximum Gasteiger partial charge on any atom is 0.334 e. The summed E-state index contributed by atoms with van der Waals surface area (Å²) in [6, 6.07) is 0. The minimum atomic E-state index is -0.894. The molecule has 1 aliphatic carbocycles. The van der Waals surface area contributed by atoms with Crippen LogP contribution in [0.1, 0.15) is 44.4 Å². The molecule has 176 valence electrons. The monoisotopic (exact) mass is 489 g/mol. The SMILES string of the molecule is CCOCCOC(=O)C1=C(C(=O)N(C(C)=O)c2c(F)sc(CC(=O)OC)c2Cl)CCCC1. The van der Waals surface area contributed by atoms with Crippen molar-refractivity contribution in [3.63, 3.8) is 0 Å². The first-order valence-electron chi connectivity index (χ1n) is 10.1. The van der Waals surface area contributed by atoms with E-state index < -0.39 is 34.6 Å². The average Bonchev–Trinajstić information content (AvgIpc) is 3.04. The van der Waals surface area contributed by atoms with Gasteiger partial charge in [-0.3, -0.25) is 14.4 Å². The van der Waals surface area contributed by atoms with Gasteiger partial charge in [0.15, 0.2) is 0 Å². The van der Waals surface area contributed by atoms with Crippen LogP contribution in [0.2, 0.25) is 5.02 Å². The Bertz CT molecular complexity index is 927. The summed E-state index contributed by atoms with van der Waals surface area (Å²) >= 11 is 6.79. The van der Waals surface area contributed by atoms with Crippen LogP contribution in [-0.2, 0) is 39.8 Å². The lowest BCUT2D eigenvalue weighted by Gasteiger charge is -2.24. The van der Waals surface area contributed by atoms with Crippen molar-refractivity contribution in [2.75, 3.05) is 31.8 Å². The van der Waals surface area contributed by atoms with E-state index in [-0.39, 0.29) is 47.1 Å². The molecule has 0 aromatic carbocycles. The fourth-order valence-corrected chi connectivity index (χ4v) is 4.54. The molecule has 0 saturated carbocycles. The number of rotatable bonds is 9. The quantitative estimate of drug-likeness (QED) is 0.386. The molecule has 0 bridgehead atoms. The second-order valence-electron chi connectivity index (χ2n) is 6.87. The van der Waals surface area contributed by atoms with Crippen molar-refractivity contribution in [1.29, 1.82) is 0 Å². The topological polar surface area (TPSA) is 99.2 Å². The van der Waals surface area contributed by atoms with Crippen LogP contribution < -0.4 is 4.90 Å². The standard InChI is InChI=1S/C21H25ClFNO7S/c1-4-30-9-10-31-21(28)14-8-6-5-7-13(14)20(27)24(12(2)25)18-17(22)15(32-19(18)23)11-16(26)29-3/h4-11H2,1-3H3. The summed E-state index contributed by atoms with van der Waals surface area (Å²) in [5.41, 5.74) is -0.190. The molecule has 0 saturated heterocycles. The minimum Gasteiger partial charge on any atom is -0.469 e. The lowest BCUT2D eigenvalue weighted by molar-refractivity contribution is -0.141. The van der Waals surface area contributed by atoms with E-state index in [0.29, 0.717) is 42.1 Å². The number of anilines is 1. The molecule has 0 fully saturated rings. The second-order valence-corrected chi connectivity index (χ2v) is 8.30. The van der Waals surface area contributed by atoms with E-state index in [4.69, 9.17) is 21.1 Å². The van der Waals surface area contributed by atoms with E-state index in [1.165, 1.54) is 7.11 Å². The van der Waals surface area contributed by atoms with Crippen LogP contribution in [0.4, 0.5) is 10.1 Å². The zero-order valence-electron chi connectivity index (χ0n) is 18.1. The first-order valence-corrected chi connectivity index (χ1v) is 11.3. The van der Waals surface area contributed by atoms with Crippen LogP contribution >= 0.6 is 22.9 Å². The number of hydrogen-bond donors (Lipinski definition) is 0. The largest absolute Gasteiger partial charge is 0.469 e. The molecule has 2 amide bonds. The number of thiophene rings is 1. The highest BCUT2D eigenvalue weighted by molar-refractivity contribution is 7.11. The number of ether oxygens (including phenoxy) is 3. The van der Waals surface area contributed by atoms with Gasteiger partial charge in [0.1, 0.15) is 12.3 Å². The van der Waals surface area contributed by atoms with Gasteiger partial charge in [0.25, 0.3) is 5.91 Å². The summed E-state index contributed by atoms with van der Waals surface area (Å²) in [6.45, 7) is 3.62. The predicted molar refractivity (Wildman–Crippen MR) is 116 cm³/mol. The van der Waals surface area contributed by atoms with Gasteiger partial charge in [-0.1, -0.05) is 11.6 Å². The lowest BCUT2D eigenvalue weighted by atomic mass is 9.90. The van der Waals surface area contributed by atoms with E-state index >= 15 is 0 Å². The minimum absolute atomic E-state index is 0.0238. The molecule has 0 radical (unpaired) electrons. The van der Waals surface area contributed by atoms with Crippen LogP contribution in [0.3, 0.4) is 0 Å². The third kappa shape index (κ3) is 6.14. The number of amides is 2. The number of imide groups is 1. The van der Waals surface area contributed by atoms with Crippen LogP contribution in [0.15, 0.2) is 11.1 Å². The molecule has 32 heavy (non-hydrogen) atoms. The lowest BCUT2D eigenvalue weighted by Crippen LogP contribution is -2.38. The van der Waals surface area contributed by atoms with Crippen molar-refractivity contribution in [3.8, 4) is 0 Å². The van der Waals surface area contributed by atoms with Crippen molar-refractivity contribution in [2.24, 2.45) is 0 Å². The number of methoxy groups -OCH3 is 1. The predicted octanol–water partition coefficient (Wildman–Crippen LogP) is 3.59. The number of carbonyl (C=O) groups excluding carboxylic acids is 4. The van der Waals surface area contributed by atoms with E-state index in [9.17, 15) is 23.6 Å². The zero-order valence-corrected chi connectivity index (χ0v) is 19.7. The summed E-state index contributed by atoms with van der Waals surface area (Å²) in [7, 11) is 1.18. The van der Waals surface area contributed by atoms with Crippen molar-refractivity contribution >= 4 is 52.4 Å². The fourth-order valence-electron chi connectivity index (χ4n) is 3.25. The third-order valence-corrected chi connectivity index (χ3v) is 6.25. The Morgan fingerprint density at radius 1 is 1.12 bits per heavy atom. The van der Waals surface area contributed by atoms with Gasteiger partial charge in [0.05, 0.1) is 25.2 Å². The van der Waals surface area contributed by atoms with Crippen LogP contribution in [-0.4, -0.2) is 50.7 Å². The van der Waals surface area contributed by atoms with Crippen LogP contribution in [0.5, 0.6) is 0 Å². The first kappa shape index (κ1) is 26.0. The van der Waals surface area contributed by atoms with Crippen molar-refractivity contribution in [2.45, 2.75) is 46.0 Å². The van der Waals surface area contributed by atoms with Gasteiger partial charge < -0.3 is 14.2 Å². The molecule has 0 atom stereocenters. The number of esters is 2. The summed E-state index contributed by atoms with van der Waals surface area (Å²) in [5, 5.41) is -1.12. The van der Waals surface area contributed by atoms with Gasteiger partial charge >= 0.3 is 11.9 Å². The molecule has 1 aromatic rings. The molecule has 1 aliphatic rings. The number of nitrogens with zero attached hydrogens (tertiary/aromatic N) is 1. The van der Waals surface area contributed by atoms with E-state index in [2.05, 4.69) is 4.74 Å². The number of carbonyl (C=O) groups is 4. The van der Waals surface area contributed by atoms with Gasteiger partial charge in [-0.2, -0.15) is 4.39 Å². The molecule has 2 rings (SSSR count). The van der Waals surface area contributed by atoms with Crippen molar-refractivity contribution < 1.29 is 37.8 Å². The maximum atomic E-state index is 14.8. The Kier molecular flexibility index (Phi) is 9.80. The molecule has 0 spiro atoms. The number of hydrogen-bond acceptors (Lipinski definition) is 8. The van der Waals surface area contributed by atoms with Crippen molar-refractivity contribution in [3.05, 3.63) is 26.2 Å². The Hall–Kier alpha value is -2.30. The maximum absolute atomic E-state index is 14.8. The highest BCUT2D eigenvalue weighted by Gasteiger charge is 2.35. The van der Waals surface area contributed by atoms with E-state index in [1.807, 2.05) is 6.92 Å². The molecular formula is C21H25ClFNO7S. The summed E-state index contributed by atoms with van der Waals surface area (Å²) in [4.78, 5) is 50.6. The number of halogens is 2. The molecule has 11 heteroatoms. The highest BCUT2D eigenvalue weighted by Crippen LogP contribution is 2.41. The third-order valence-electron chi connectivity index (χ3n) is 4.76. The van der Waals surface area contributed by atoms with Crippen molar-refractivity contribution in [1.82, 2.24) is 0 Å². The molecule has 0 aliphatic heterocycles. The molecule has 1 heterocycles. The Labute approximate surface area is 194 Å². The molecule has 0 unspecified atom stereocenters.